The van der Waals surface area contributed by atoms with Gasteiger partial charge in [0.15, 0.2) is 0 Å². The Morgan fingerprint density at radius 2 is 1.75 bits per heavy atom. The van der Waals surface area contributed by atoms with Crippen LogP contribution in [-0.2, 0) is 0 Å². The lowest BCUT2D eigenvalue weighted by Crippen LogP contribution is -2.19. The molecule has 0 heterocycles. The minimum absolute atomic E-state index is 0.235. The molecule has 0 bridgehead atoms. The molecule has 1 fully saturated rings. The summed E-state index contributed by atoms with van der Waals surface area (Å²) in [5.41, 5.74) is 7.29. The summed E-state index contributed by atoms with van der Waals surface area (Å²) in [6.07, 6.45) is 8.27. The van der Waals surface area contributed by atoms with Crippen LogP contribution in [0.25, 0.3) is 0 Å². The van der Waals surface area contributed by atoms with Gasteiger partial charge in [-0.15, -0.1) is 0 Å². The van der Waals surface area contributed by atoms with Gasteiger partial charge in [-0.1, -0.05) is 31.4 Å². The Kier molecular flexibility index (Phi) is 5.90. The average molecular weight is 275 g/mol. The van der Waals surface area contributed by atoms with Gasteiger partial charge in [-0.25, -0.2) is 0 Å². The van der Waals surface area contributed by atoms with Crippen molar-refractivity contribution in [3.8, 4) is 5.75 Å². The number of hydrogen-bond donors (Lipinski definition) is 1. The third-order valence-electron chi connectivity index (χ3n) is 4.38. The molecule has 2 N–H and O–H groups in total. The third kappa shape index (κ3) is 4.24. The van der Waals surface area contributed by atoms with Gasteiger partial charge in [-0.2, -0.15) is 0 Å². The monoisotopic (exact) mass is 275 g/mol. The Labute approximate surface area is 123 Å². The van der Waals surface area contributed by atoms with Gasteiger partial charge in [0.25, 0.3) is 0 Å². The molecule has 1 aromatic carbocycles. The Morgan fingerprint density at radius 1 is 1.10 bits per heavy atom. The maximum Gasteiger partial charge on any atom is 0.119 e. The molecule has 0 aliphatic heterocycles. The standard InChI is InChI=1S/C18H29NO/c1-14(2)20-17-10-8-16(9-11-17)18(12-13-19)15-6-4-3-5-7-15/h8-11,14-15,18H,3-7,12-13,19H2,1-2H3/t18-/m0/s1. The summed E-state index contributed by atoms with van der Waals surface area (Å²) < 4.78 is 5.73. The maximum absolute atomic E-state index is 5.84. The van der Waals surface area contributed by atoms with Crippen LogP contribution in [0.15, 0.2) is 24.3 Å². The molecular formula is C18H29NO. The Bertz CT molecular complexity index is 379. The number of rotatable bonds is 6. The van der Waals surface area contributed by atoms with E-state index in [1.54, 1.807) is 0 Å². The fraction of sp³-hybridized carbons (Fsp3) is 0.667. The SMILES string of the molecule is CC(C)Oc1ccc([C@@H](CCN)C2CCCCC2)cc1. The third-order valence-corrected chi connectivity index (χ3v) is 4.38. The number of benzene rings is 1. The molecule has 0 spiro atoms. The van der Waals surface area contributed by atoms with Crippen LogP contribution in [-0.4, -0.2) is 12.6 Å². The quantitative estimate of drug-likeness (QED) is 0.830. The smallest absolute Gasteiger partial charge is 0.119 e. The van der Waals surface area contributed by atoms with E-state index in [9.17, 15) is 0 Å². The zero-order valence-corrected chi connectivity index (χ0v) is 13.0. The van der Waals surface area contributed by atoms with Gasteiger partial charge in [-0.3, -0.25) is 0 Å². The molecule has 0 unspecified atom stereocenters. The van der Waals surface area contributed by atoms with Crippen LogP contribution in [0, 0.1) is 5.92 Å². The predicted molar refractivity (Wildman–Crippen MR) is 85.2 cm³/mol. The van der Waals surface area contributed by atoms with E-state index in [1.165, 1.54) is 37.7 Å². The normalized spacial score (nSPS) is 18.2. The molecule has 2 nitrogen and oxygen atoms in total. The molecule has 0 aromatic heterocycles. The molecule has 2 heteroatoms. The molecule has 0 radical (unpaired) electrons. The van der Waals surface area contributed by atoms with Crippen molar-refractivity contribution in [3.63, 3.8) is 0 Å². The van der Waals surface area contributed by atoms with Crippen LogP contribution in [0.4, 0.5) is 0 Å². The second kappa shape index (κ2) is 7.68. The zero-order chi connectivity index (χ0) is 14.4. The highest BCUT2D eigenvalue weighted by atomic mass is 16.5. The minimum Gasteiger partial charge on any atom is -0.491 e. The summed E-state index contributed by atoms with van der Waals surface area (Å²) in [5.74, 6) is 2.43. The summed E-state index contributed by atoms with van der Waals surface area (Å²) in [6.45, 7) is 4.91. The second-order valence-electron chi connectivity index (χ2n) is 6.32. The average Bonchev–Trinajstić information content (AvgIpc) is 2.46. The molecule has 1 saturated carbocycles. The Hall–Kier alpha value is -1.02. The number of ether oxygens (including phenoxy) is 1. The summed E-state index contributed by atoms with van der Waals surface area (Å²) in [4.78, 5) is 0. The summed E-state index contributed by atoms with van der Waals surface area (Å²) in [7, 11) is 0. The highest BCUT2D eigenvalue weighted by Gasteiger charge is 2.24. The molecule has 20 heavy (non-hydrogen) atoms. The topological polar surface area (TPSA) is 35.2 Å². The maximum atomic E-state index is 5.84. The van der Waals surface area contributed by atoms with E-state index in [2.05, 4.69) is 38.1 Å². The van der Waals surface area contributed by atoms with Gasteiger partial charge in [0.05, 0.1) is 6.10 Å². The first-order chi connectivity index (χ1) is 9.70. The van der Waals surface area contributed by atoms with E-state index in [4.69, 9.17) is 10.5 Å². The van der Waals surface area contributed by atoms with Gasteiger partial charge in [0, 0.05) is 0 Å². The van der Waals surface area contributed by atoms with Crippen molar-refractivity contribution in [1.29, 1.82) is 0 Å². The summed E-state index contributed by atoms with van der Waals surface area (Å²) >= 11 is 0. The van der Waals surface area contributed by atoms with Crippen LogP contribution in [0.1, 0.15) is 63.9 Å². The van der Waals surface area contributed by atoms with Crippen LogP contribution in [0.2, 0.25) is 0 Å². The second-order valence-corrected chi connectivity index (χ2v) is 6.32. The first kappa shape index (κ1) is 15.4. The molecule has 112 valence electrons. The van der Waals surface area contributed by atoms with Crippen LogP contribution in [0.3, 0.4) is 0 Å². The van der Waals surface area contributed by atoms with Crippen molar-refractivity contribution in [2.45, 2.75) is 64.4 Å². The largest absolute Gasteiger partial charge is 0.491 e. The van der Waals surface area contributed by atoms with E-state index < -0.39 is 0 Å². The highest BCUT2D eigenvalue weighted by molar-refractivity contribution is 5.30. The first-order valence-electron chi connectivity index (χ1n) is 8.17. The molecule has 2 rings (SSSR count). The van der Waals surface area contributed by atoms with E-state index in [-0.39, 0.29) is 6.10 Å². The first-order valence-corrected chi connectivity index (χ1v) is 8.17. The van der Waals surface area contributed by atoms with E-state index in [1.807, 2.05) is 0 Å². The van der Waals surface area contributed by atoms with Crippen molar-refractivity contribution in [2.24, 2.45) is 11.7 Å². The summed E-state index contributed by atoms with van der Waals surface area (Å²) in [5, 5.41) is 0. The van der Waals surface area contributed by atoms with E-state index in [0.29, 0.717) is 5.92 Å². The van der Waals surface area contributed by atoms with Crippen molar-refractivity contribution in [1.82, 2.24) is 0 Å². The van der Waals surface area contributed by atoms with Crippen LogP contribution >= 0.6 is 0 Å². The van der Waals surface area contributed by atoms with Gasteiger partial charge in [0.2, 0.25) is 0 Å². The fourth-order valence-electron chi connectivity index (χ4n) is 3.46. The summed E-state index contributed by atoms with van der Waals surface area (Å²) in [6, 6.07) is 8.71. The lowest BCUT2D eigenvalue weighted by molar-refractivity contribution is 0.242. The molecule has 0 amide bonds. The molecule has 1 aliphatic carbocycles. The van der Waals surface area contributed by atoms with Crippen molar-refractivity contribution >= 4 is 0 Å². The van der Waals surface area contributed by atoms with Gasteiger partial charge < -0.3 is 10.5 Å². The van der Waals surface area contributed by atoms with Gasteiger partial charge >= 0.3 is 0 Å². The van der Waals surface area contributed by atoms with Gasteiger partial charge in [-0.05, 0) is 69.2 Å². The van der Waals surface area contributed by atoms with Gasteiger partial charge in [0.1, 0.15) is 5.75 Å². The Morgan fingerprint density at radius 3 is 2.30 bits per heavy atom. The minimum atomic E-state index is 0.235. The highest BCUT2D eigenvalue weighted by Crippen LogP contribution is 2.38. The number of hydrogen-bond acceptors (Lipinski definition) is 2. The molecule has 1 aromatic rings. The zero-order valence-electron chi connectivity index (χ0n) is 13.0. The van der Waals surface area contributed by atoms with Crippen LogP contribution in [0.5, 0.6) is 5.75 Å². The molecular weight excluding hydrogens is 246 g/mol. The van der Waals surface area contributed by atoms with E-state index >= 15 is 0 Å². The lowest BCUT2D eigenvalue weighted by atomic mass is 9.75. The predicted octanol–water partition coefficient (Wildman–Crippen LogP) is 4.49. The lowest BCUT2D eigenvalue weighted by Gasteiger charge is -2.30. The van der Waals surface area contributed by atoms with Crippen molar-refractivity contribution in [2.75, 3.05) is 6.54 Å². The van der Waals surface area contributed by atoms with Crippen molar-refractivity contribution < 1.29 is 4.74 Å². The van der Waals surface area contributed by atoms with Crippen LogP contribution < -0.4 is 10.5 Å². The number of nitrogens with two attached hydrogens (primary N) is 1. The molecule has 1 atom stereocenters. The van der Waals surface area contributed by atoms with Crippen molar-refractivity contribution in [3.05, 3.63) is 29.8 Å². The molecule has 1 aliphatic rings. The molecule has 0 saturated heterocycles. The Balaban J connectivity index is 2.07. The fourth-order valence-corrected chi connectivity index (χ4v) is 3.46. The van der Waals surface area contributed by atoms with E-state index in [0.717, 1.165) is 24.6 Å².